The Bertz CT molecular complexity index is 1550. The van der Waals surface area contributed by atoms with Crippen LogP contribution in [0, 0.1) is 6.92 Å². The molecule has 0 aliphatic carbocycles. The van der Waals surface area contributed by atoms with Gasteiger partial charge in [0.1, 0.15) is 17.2 Å². The quantitative estimate of drug-likeness (QED) is 0.438. The van der Waals surface area contributed by atoms with Crippen LogP contribution in [0.5, 0.6) is 0 Å². The van der Waals surface area contributed by atoms with Crippen LogP contribution in [0.25, 0.3) is 32.6 Å². The van der Waals surface area contributed by atoms with Gasteiger partial charge in [-0.25, -0.2) is 9.97 Å². The molecule has 1 amide bonds. The number of piperazine rings is 1. The Morgan fingerprint density at radius 2 is 1.65 bits per heavy atom. The van der Waals surface area contributed by atoms with Gasteiger partial charge in [-0.05, 0) is 24.4 Å². The molecule has 2 N–H and O–H groups in total. The average Bonchev–Trinajstić information content (AvgIpc) is 3.21. The number of nitrogens with two attached hydrogens (primary N) is 1. The van der Waals surface area contributed by atoms with Crippen LogP contribution in [-0.4, -0.2) is 51.9 Å². The molecule has 0 saturated carbocycles. The van der Waals surface area contributed by atoms with Gasteiger partial charge >= 0.3 is 0 Å². The van der Waals surface area contributed by atoms with Crippen molar-refractivity contribution in [1.29, 1.82) is 0 Å². The molecule has 3 aromatic carbocycles. The predicted octanol–water partition coefficient (Wildman–Crippen LogP) is 4.38. The molecule has 0 atom stereocenters. The van der Waals surface area contributed by atoms with Gasteiger partial charge in [-0.2, -0.15) is 0 Å². The van der Waals surface area contributed by atoms with E-state index in [-0.39, 0.29) is 5.91 Å². The number of nitrogen functional groups attached to an aromatic ring is 1. The number of benzene rings is 3. The van der Waals surface area contributed by atoms with Gasteiger partial charge in [-0.1, -0.05) is 48.5 Å². The van der Waals surface area contributed by atoms with Crippen molar-refractivity contribution in [3.05, 3.63) is 77.8 Å². The zero-order valence-corrected chi connectivity index (χ0v) is 19.0. The number of anilines is 1. The van der Waals surface area contributed by atoms with Crippen LogP contribution in [0.15, 0.2) is 65.1 Å². The second-order valence-corrected chi connectivity index (χ2v) is 8.83. The number of para-hydroxylation sites is 1. The first kappa shape index (κ1) is 20.6. The maximum atomic E-state index is 13.4. The van der Waals surface area contributed by atoms with E-state index in [0.717, 1.165) is 51.3 Å². The van der Waals surface area contributed by atoms with Crippen molar-refractivity contribution in [1.82, 2.24) is 19.8 Å². The zero-order chi connectivity index (χ0) is 23.2. The first-order valence-electron chi connectivity index (χ1n) is 11.5. The van der Waals surface area contributed by atoms with E-state index >= 15 is 0 Å². The van der Waals surface area contributed by atoms with Crippen molar-refractivity contribution in [2.24, 2.45) is 0 Å². The van der Waals surface area contributed by atoms with E-state index in [1.165, 1.54) is 0 Å². The summed E-state index contributed by atoms with van der Waals surface area (Å²) in [5, 5.41) is 4.00. The van der Waals surface area contributed by atoms with Gasteiger partial charge in [0.15, 0.2) is 5.76 Å². The van der Waals surface area contributed by atoms with E-state index in [1.807, 2.05) is 60.4 Å². The lowest BCUT2D eigenvalue weighted by Crippen LogP contribution is -2.48. The number of aryl methyl sites for hydroxylation is 1. The summed E-state index contributed by atoms with van der Waals surface area (Å²) in [5.41, 5.74) is 8.67. The Labute approximate surface area is 196 Å². The summed E-state index contributed by atoms with van der Waals surface area (Å²) >= 11 is 0. The van der Waals surface area contributed by atoms with Gasteiger partial charge in [-0.3, -0.25) is 9.69 Å². The van der Waals surface area contributed by atoms with E-state index in [1.54, 1.807) is 0 Å². The number of amides is 1. The molecule has 1 saturated heterocycles. The Morgan fingerprint density at radius 3 is 2.47 bits per heavy atom. The minimum Gasteiger partial charge on any atom is -0.450 e. The Hall–Kier alpha value is -3.97. The van der Waals surface area contributed by atoms with Gasteiger partial charge < -0.3 is 15.1 Å². The maximum absolute atomic E-state index is 13.4. The lowest BCUT2D eigenvalue weighted by atomic mass is 10.1. The third-order valence-electron chi connectivity index (χ3n) is 6.73. The second-order valence-electron chi connectivity index (χ2n) is 8.83. The van der Waals surface area contributed by atoms with Crippen LogP contribution >= 0.6 is 0 Å². The lowest BCUT2D eigenvalue weighted by molar-refractivity contribution is 0.0596. The van der Waals surface area contributed by atoms with E-state index in [9.17, 15) is 4.79 Å². The molecule has 2 aromatic heterocycles. The van der Waals surface area contributed by atoms with Crippen LogP contribution in [0.1, 0.15) is 21.9 Å². The summed E-state index contributed by atoms with van der Waals surface area (Å²) in [5.74, 6) is 1.59. The summed E-state index contributed by atoms with van der Waals surface area (Å²) in [7, 11) is 0. The third-order valence-corrected chi connectivity index (χ3v) is 6.73. The minimum absolute atomic E-state index is 0.0522. The molecule has 6 rings (SSSR count). The normalized spacial score (nSPS) is 14.9. The molecule has 0 spiro atoms. The number of furan rings is 1. The number of rotatable bonds is 3. The van der Waals surface area contributed by atoms with Crippen molar-refractivity contribution in [3.8, 4) is 0 Å². The predicted molar refractivity (Wildman–Crippen MR) is 134 cm³/mol. The SMILES string of the molecule is Cc1c(C(=O)N2CCN(Cc3nc(N)c4ccccc4n3)CC2)oc2c1ccc1ccccc12. The van der Waals surface area contributed by atoms with Crippen molar-refractivity contribution in [3.63, 3.8) is 0 Å². The van der Waals surface area contributed by atoms with E-state index in [2.05, 4.69) is 27.0 Å². The number of hydrogen-bond acceptors (Lipinski definition) is 6. The van der Waals surface area contributed by atoms with Crippen LogP contribution in [0.2, 0.25) is 0 Å². The molecular weight excluding hydrogens is 426 g/mol. The standard InChI is InChI=1S/C27H25N5O2/c1-17-19-11-10-18-6-2-3-7-20(18)25(19)34-24(17)27(33)32-14-12-31(13-15-32)16-23-29-22-9-5-4-8-21(22)26(28)30-23/h2-11H,12-16H2,1H3,(H2,28,29,30). The summed E-state index contributed by atoms with van der Waals surface area (Å²) < 4.78 is 6.16. The number of aromatic nitrogens is 2. The molecule has 0 radical (unpaired) electrons. The number of carbonyl (C=O) groups is 1. The fourth-order valence-corrected chi connectivity index (χ4v) is 4.83. The molecule has 1 fully saturated rings. The van der Waals surface area contributed by atoms with Crippen molar-refractivity contribution < 1.29 is 9.21 Å². The summed E-state index contributed by atoms with van der Waals surface area (Å²) in [6, 6.07) is 20.0. The Kier molecular flexibility index (Phi) is 4.92. The summed E-state index contributed by atoms with van der Waals surface area (Å²) in [6.07, 6.45) is 0. The molecule has 7 heteroatoms. The fraction of sp³-hybridized carbons (Fsp3) is 0.222. The number of nitrogens with zero attached hydrogens (tertiary/aromatic N) is 4. The summed E-state index contributed by atoms with van der Waals surface area (Å²) in [6.45, 7) is 5.30. The number of carbonyl (C=O) groups excluding carboxylic acids is 1. The monoisotopic (exact) mass is 451 g/mol. The van der Waals surface area contributed by atoms with Crippen molar-refractivity contribution in [2.45, 2.75) is 13.5 Å². The lowest BCUT2D eigenvalue weighted by Gasteiger charge is -2.34. The molecule has 3 heterocycles. The maximum Gasteiger partial charge on any atom is 0.289 e. The minimum atomic E-state index is -0.0522. The molecular formula is C27H25N5O2. The highest BCUT2D eigenvalue weighted by atomic mass is 16.3. The van der Waals surface area contributed by atoms with Gasteiger partial charge in [-0.15, -0.1) is 0 Å². The van der Waals surface area contributed by atoms with Gasteiger partial charge in [0.2, 0.25) is 0 Å². The smallest absolute Gasteiger partial charge is 0.289 e. The molecule has 170 valence electrons. The van der Waals surface area contributed by atoms with Crippen LogP contribution in [0.4, 0.5) is 5.82 Å². The highest BCUT2D eigenvalue weighted by molar-refractivity contribution is 6.08. The highest BCUT2D eigenvalue weighted by Crippen LogP contribution is 2.32. The molecule has 0 unspecified atom stereocenters. The van der Waals surface area contributed by atoms with Crippen LogP contribution < -0.4 is 5.73 Å². The molecule has 5 aromatic rings. The van der Waals surface area contributed by atoms with E-state index in [4.69, 9.17) is 10.2 Å². The Morgan fingerprint density at radius 1 is 0.912 bits per heavy atom. The van der Waals surface area contributed by atoms with Gasteiger partial charge in [0, 0.05) is 47.9 Å². The molecule has 34 heavy (non-hydrogen) atoms. The Balaban J connectivity index is 1.19. The molecule has 7 nitrogen and oxygen atoms in total. The topological polar surface area (TPSA) is 88.5 Å². The van der Waals surface area contributed by atoms with Gasteiger partial charge in [0.05, 0.1) is 12.1 Å². The van der Waals surface area contributed by atoms with E-state index in [0.29, 0.717) is 37.0 Å². The highest BCUT2D eigenvalue weighted by Gasteiger charge is 2.27. The second kappa shape index (κ2) is 8.11. The van der Waals surface area contributed by atoms with Crippen molar-refractivity contribution >= 4 is 44.4 Å². The molecule has 0 bridgehead atoms. The first-order valence-corrected chi connectivity index (χ1v) is 11.5. The third kappa shape index (κ3) is 3.45. The van der Waals surface area contributed by atoms with Gasteiger partial charge in [0.25, 0.3) is 5.91 Å². The fourth-order valence-electron chi connectivity index (χ4n) is 4.83. The number of hydrogen-bond donors (Lipinski definition) is 1. The van der Waals surface area contributed by atoms with Crippen LogP contribution in [0.3, 0.4) is 0 Å². The molecule has 1 aliphatic rings. The van der Waals surface area contributed by atoms with E-state index < -0.39 is 0 Å². The van der Waals surface area contributed by atoms with Crippen molar-refractivity contribution in [2.75, 3.05) is 31.9 Å². The summed E-state index contributed by atoms with van der Waals surface area (Å²) in [4.78, 5) is 26.6. The largest absolute Gasteiger partial charge is 0.450 e. The van der Waals surface area contributed by atoms with Crippen LogP contribution in [-0.2, 0) is 6.54 Å². The average molecular weight is 452 g/mol. The first-order chi connectivity index (χ1) is 16.6. The molecule has 1 aliphatic heterocycles. The number of fused-ring (bicyclic) bond motifs is 4. The zero-order valence-electron chi connectivity index (χ0n) is 19.0.